The van der Waals surface area contributed by atoms with Crippen molar-refractivity contribution in [1.82, 2.24) is 10.2 Å². The van der Waals surface area contributed by atoms with Crippen LogP contribution in [0.4, 0.5) is 0 Å². The third-order valence-corrected chi connectivity index (χ3v) is 3.63. The molecule has 2 unspecified atom stereocenters. The van der Waals surface area contributed by atoms with Crippen LogP contribution in [0.3, 0.4) is 0 Å². The predicted octanol–water partition coefficient (Wildman–Crippen LogP) is -0.785. The van der Waals surface area contributed by atoms with Crippen LogP contribution in [0.25, 0.3) is 0 Å². The van der Waals surface area contributed by atoms with Crippen molar-refractivity contribution in [3.8, 4) is 0 Å². The molecule has 2 aliphatic rings. The average Bonchev–Trinajstić information content (AvgIpc) is 2.37. The van der Waals surface area contributed by atoms with Gasteiger partial charge in [-0.2, -0.15) is 0 Å². The largest absolute Gasteiger partial charge is 0.480 e. The maximum Gasteiger partial charge on any atom is 0.329 e. The van der Waals surface area contributed by atoms with E-state index < -0.39 is 12.6 Å². The van der Waals surface area contributed by atoms with E-state index >= 15 is 0 Å². The van der Waals surface area contributed by atoms with Gasteiger partial charge in [-0.1, -0.05) is 0 Å². The highest BCUT2D eigenvalue weighted by atomic mass is 16.5. The molecule has 2 heterocycles. The lowest BCUT2D eigenvalue weighted by atomic mass is 9.85. The quantitative estimate of drug-likeness (QED) is 0.698. The van der Waals surface area contributed by atoms with Gasteiger partial charge < -0.3 is 20.1 Å². The Morgan fingerprint density at radius 1 is 1.37 bits per heavy atom. The molecular formula is C12H18N2O5. The number of carboxylic acid groups (broad SMARTS) is 1. The summed E-state index contributed by atoms with van der Waals surface area (Å²) in [7, 11) is 0. The van der Waals surface area contributed by atoms with Crippen LogP contribution in [-0.4, -0.2) is 60.1 Å². The van der Waals surface area contributed by atoms with E-state index in [1.165, 1.54) is 0 Å². The molecule has 0 spiro atoms. The molecule has 0 bridgehead atoms. The highest BCUT2D eigenvalue weighted by Crippen LogP contribution is 2.25. The van der Waals surface area contributed by atoms with Gasteiger partial charge in [-0.3, -0.25) is 9.59 Å². The number of piperidine rings is 2. The molecule has 2 atom stereocenters. The van der Waals surface area contributed by atoms with Gasteiger partial charge in [0.2, 0.25) is 11.8 Å². The summed E-state index contributed by atoms with van der Waals surface area (Å²) in [5.41, 5.74) is 0. The molecule has 2 rings (SSSR count). The number of hydrogen-bond acceptors (Lipinski definition) is 4. The lowest BCUT2D eigenvalue weighted by molar-refractivity contribution is -0.146. The second-order valence-corrected chi connectivity index (χ2v) is 4.99. The van der Waals surface area contributed by atoms with Crippen LogP contribution < -0.4 is 5.32 Å². The highest BCUT2D eigenvalue weighted by Gasteiger charge is 2.35. The number of rotatable bonds is 4. The number of ether oxygens (including phenoxy) is 1. The van der Waals surface area contributed by atoms with Crippen molar-refractivity contribution >= 4 is 17.8 Å². The molecule has 2 fully saturated rings. The minimum atomic E-state index is -1.08. The first-order valence-electron chi connectivity index (χ1n) is 6.43. The molecule has 106 valence electrons. The van der Waals surface area contributed by atoms with Gasteiger partial charge in [0.25, 0.3) is 0 Å². The number of carbonyl (C=O) groups excluding carboxylic acids is 2. The fourth-order valence-electron chi connectivity index (χ4n) is 2.65. The van der Waals surface area contributed by atoms with E-state index in [9.17, 15) is 14.4 Å². The standard InChI is InChI=1S/C12H18N2O5/c15-10-2-1-8-5-14(4-3-9(8)13-10)11(16)6-19-7-12(17)18/h8-9H,1-7H2,(H,13,15)(H,17,18). The van der Waals surface area contributed by atoms with E-state index in [-0.39, 0.29) is 24.5 Å². The van der Waals surface area contributed by atoms with Crippen molar-refractivity contribution in [2.24, 2.45) is 5.92 Å². The summed E-state index contributed by atoms with van der Waals surface area (Å²) in [6.07, 6.45) is 2.07. The van der Waals surface area contributed by atoms with Gasteiger partial charge in [-0.25, -0.2) is 4.79 Å². The topological polar surface area (TPSA) is 95.9 Å². The second-order valence-electron chi connectivity index (χ2n) is 4.99. The molecule has 0 aromatic rings. The maximum atomic E-state index is 11.8. The van der Waals surface area contributed by atoms with Crippen molar-refractivity contribution in [3.63, 3.8) is 0 Å². The number of fused-ring (bicyclic) bond motifs is 1. The van der Waals surface area contributed by atoms with E-state index in [1.54, 1.807) is 4.90 Å². The van der Waals surface area contributed by atoms with E-state index in [0.29, 0.717) is 25.4 Å². The van der Waals surface area contributed by atoms with Crippen molar-refractivity contribution in [3.05, 3.63) is 0 Å². The monoisotopic (exact) mass is 270 g/mol. The Hall–Kier alpha value is -1.63. The Kier molecular flexibility index (Phi) is 4.36. The molecule has 2 N–H and O–H groups in total. The lowest BCUT2D eigenvalue weighted by Crippen LogP contribution is -2.55. The number of likely N-dealkylation sites (tertiary alicyclic amines) is 1. The van der Waals surface area contributed by atoms with Crippen molar-refractivity contribution in [2.45, 2.75) is 25.3 Å². The first-order chi connectivity index (χ1) is 9.06. The van der Waals surface area contributed by atoms with E-state index in [4.69, 9.17) is 9.84 Å². The molecule has 2 aliphatic heterocycles. The van der Waals surface area contributed by atoms with E-state index in [0.717, 1.165) is 12.8 Å². The third-order valence-electron chi connectivity index (χ3n) is 3.63. The summed E-state index contributed by atoms with van der Waals surface area (Å²) in [6.45, 7) is 0.536. The summed E-state index contributed by atoms with van der Waals surface area (Å²) >= 11 is 0. The Bertz CT molecular complexity index is 384. The van der Waals surface area contributed by atoms with Crippen LogP contribution >= 0.6 is 0 Å². The maximum absolute atomic E-state index is 11.8. The third kappa shape index (κ3) is 3.66. The van der Waals surface area contributed by atoms with Gasteiger partial charge >= 0.3 is 5.97 Å². The minimum absolute atomic E-state index is 0.0887. The normalized spacial score (nSPS) is 26.5. The number of nitrogens with zero attached hydrogens (tertiary/aromatic N) is 1. The average molecular weight is 270 g/mol. The Morgan fingerprint density at radius 3 is 2.89 bits per heavy atom. The zero-order valence-electron chi connectivity index (χ0n) is 10.6. The van der Waals surface area contributed by atoms with Gasteiger partial charge in [0, 0.05) is 25.6 Å². The first-order valence-corrected chi connectivity index (χ1v) is 6.43. The molecule has 0 aliphatic carbocycles. The van der Waals surface area contributed by atoms with E-state index in [2.05, 4.69) is 5.32 Å². The Labute approximate surface area is 110 Å². The van der Waals surface area contributed by atoms with E-state index in [1.807, 2.05) is 0 Å². The van der Waals surface area contributed by atoms with Crippen LogP contribution in [-0.2, 0) is 19.1 Å². The molecule has 7 heteroatoms. The molecule has 0 radical (unpaired) electrons. The number of amides is 2. The summed E-state index contributed by atoms with van der Waals surface area (Å²) in [5, 5.41) is 11.4. The minimum Gasteiger partial charge on any atom is -0.480 e. The van der Waals surface area contributed by atoms with Gasteiger partial charge in [-0.05, 0) is 18.8 Å². The van der Waals surface area contributed by atoms with Gasteiger partial charge in [0.1, 0.15) is 13.2 Å². The summed E-state index contributed by atoms with van der Waals surface area (Å²) in [4.78, 5) is 35.1. The van der Waals surface area contributed by atoms with Gasteiger partial charge in [0.15, 0.2) is 0 Å². The number of nitrogens with one attached hydrogen (secondary N) is 1. The molecule has 0 aromatic heterocycles. The van der Waals surface area contributed by atoms with Crippen molar-refractivity contribution in [2.75, 3.05) is 26.3 Å². The summed E-state index contributed by atoms with van der Waals surface area (Å²) in [6, 6.07) is 0.172. The van der Waals surface area contributed by atoms with Crippen LogP contribution in [0.2, 0.25) is 0 Å². The zero-order valence-corrected chi connectivity index (χ0v) is 10.6. The smallest absolute Gasteiger partial charge is 0.329 e. The van der Waals surface area contributed by atoms with Gasteiger partial charge in [0.05, 0.1) is 0 Å². The fraction of sp³-hybridized carbons (Fsp3) is 0.750. The number of carbonyl (C=O) groups is 3. The van der Waals surface area contributed by atoms with Gasteiger partial charge in [-0.15, -0.1) is 0 Å². The highest BCUT2D eigenvalue weighted by molar-refractivity contribution is 5.79. The van der Waals surface area contributed by atoms with Crippen LogP contribution in [0.1, 0.15) is 19.3 Å². The zero-order chi connectivity index (χ0) is 13.8. The van der Waals surface area contributed by atoms with Crippen molar-refractivity contribution in [1.29, 1.82) is 0 Å². The molecular weight excluding hydrogens is 252 g/mol. The first kappa shape index (κ1) is 13.8. The molecule has 0 saturated carbocycles. The lowest BCUT2D eigenvalue weighted by Gasteiger charge is -2.41. The number of hydrogen-bond donors (Lipinski definition) is 2. The molecule has 2 amide bonds. The number of carboxylic acids is 1. The van der Waals surface area contributed by atoms with Crippen molar-refractivity contribution < 1.29 is 24.2 Å². The molecule has 7 nitrogen and oxygen atoms in total. The van der Waals surface area contributed by atoms with Crippen LogP contribution in [0.15, 0.2) is 0 Å². The Balaban J connectivity index is 1.78. The SMILES string of the molecule is O=C(O)COCC(=O)N1CCC2NC(=O)CCC2C1. The second kappa shape index (κ2) is 6.01. The Morgan fingerprint density at radius 2 is 2.16 bits per heavy atom. The predicted molar refractivity (Wildman–Crippen MR) is 64.3 cm³/mol. The molecule has 0 aromatic carbocycles. The molecule has 2 saturated heterocycles. The summed E-state index contributed by atoms with van der Waals surface area (Å²) in [5.74, 6) is -0.876. The molecule has 19 heavy (non-hydrogen) atoms. The summed E-state index contributed by atoms with van der Waals surface area (Å²) < 4.78 is 4.80. The van der Waals surface area contributed by atoms with Crippen LogP contribution in [0, 0.1) is 5.92 Å². The number of aliphatic carboxylic acids is 1. The fourth-order valence-corrected chi connectivity index (χ4v) is 2.65. The van der Waals surface area contributed by atoms with Crippen LogP contribution in [0.5, 0.6) is 0 Å².